The molecule has 0 spiro atoms. The first kappa shape index (κ1) is 39.7. The van der Waals surface area contributed by atoms with Gasteiger partial charge in [-0.05, 0) is 80.1 Å². The average Bonchev–Trinajstić information content (AvgIpc) is 3.69. The first-order chi connectivity index (χ1) is 28.3. The summed E-state index contributed by atoms with van der Waals surface area (Å²) in [6.07, 6.45) is -6.52. The quantitative estimate of drug-likeness (QED) is 0.134. The molecule has 3 aliphatic rings. The lowest BCUT2D eigenvalue weighted by Gasteiger charge is -2.19. The zero-order valence-corrected chi connectivity index (χ0v) is 31.7. The lowest BCUT2D eigenvalue weighted by Crippen LogP contribution is -2.30. The van der Waals surface area contributed by atoms with E-state index in [1.807, 2.05) is 9.80 Å². The summed E-state index contributed by atoms with van der Waals surface area (Å²) in [5, 5.41) is 17.3. The van der Waals surface area contributed by atoms with Gasteiger partial charge >= 0.3 is 12.4 Å². The summed E-state index contributed by atoms with van der Waals surface area (Å²) in [6, 6.07) is 13.5. The molecule has 8 rings (SSSR count). The highest BCUT2D eigenvalue weighted by molar-refractivity contribution is 5.93. The van der Waals surface area contributed by atoms with Gasteiger partial charge in [-0.2, -0.15) is 31.6 Å². The number of carbonyl (C=O) groups is 1. The number of carbonyl (C=O) groups excluding carboxylic acids is 1. The third-order valence-electron chi connectivity index (χ3n) is 10.6. The number of nitrogens with one attached hydrogen (secondary N) is 2. The Balaban J connectivity index is 0.874. The van der Waals surface area contributed by atoms with Gasteiger partial charge in [0, 0.05) is 55.4 Å². The fraction of sp³-hybridized carbons (Fsp3) is 0.436. The molecule has 3 aromatic heterocycles. The van der Waals surface area contributed by atoms with E-state index in [9.17, 15) is 31.1 Å². The van der Waals surface area contributed by atoms with Crippen molar-refractivity contribution in [1.29, 1.82) is 0 Å². The van der Waals surface area contributed by atoms with E-state index in [0.29, 0.717) is 80.8 Å². The third-order valence-corrected chi connectivity index (χ3v) is 10.6. The number of aromatic amines is 1. The maximum absolute atomic E-state index is 13.5. The summed E-state index contributed by atoms with van der Waals surface area (Å²) >= 11 is 0. The first-order valence-electron chi connectivity index (χ1n) is 19.1. The number of H-pyrrole nitrogens is 1. The van der Waals surface area contributed by atoms with Crippen LogP contribution >= 0.6 is 0 Å². The Hall–Kier alpha value is -6.08. The molecule has 310 valence electrons. The van der Waals surface area contributed by atoms with E-state index in [2.05, 4.69) is 40.9 Å². The third kappa shape index (κ3) is 9.46. The predicted octanol–water partition coefficient (Wildman–Crippen LogP) is 5.96. The molecule has 14 nitrogen and oxygen atoms in total. The second kappa shape index (κ2) is 16.3. The molecule has 2 aromatic carbocycles. The van der Waals surface area contributed by atoms with Crippen molar-refractivity contribution in [2.75, 3.05) is 49.2 Å². The smallest absolute Gasteiger partial charge is 0.419 e. The van der Waals surface area contributed by atoms with E-state index >= 15 is 0 Å². The number of halogens is 6. The lowest BCUT2D eigenvalue weighted by atomic mass is 10.1. The molecule has 2 N–H and O–H groups in total. The first-order valence-corrected chi connectivity index (χ1v) is 19.1. The summed E-state index contributed by atoms with van der Waals surface area (Å²) in [5.41, 5.74) is 0.308. The van der Waals surface area contributed by atoms with Gasteiger partial charge in [-0.3, -0.25) is 4.79 Å². The summed E-state index contributed by atoms with van der Waals surface area (Å²) < 4.78 is 92.0. The van der Waals surface area contributed by atoms with Gasteiger partial charge in [-0.1, -0.05) is 24.3 Å². The van der Waals surface area contributed by atoms with Crippen LogP contribution < -0.4 is 24.6 Å². The molecule has 3 fully saturated rings. The largest absolute Gasteiger partial charge is 0.493 e. The van der Waals surface area contributed by atoms with Crippen LogP contribution in [0.5, 0.6) is 11.5 Å². The van der Waals surface area contributed by atoms with E-state index < -0.39 is 23.5 Å². The van der Waals surface area contributed by atoms with E-state index in [0.717, 1.165) is 12.1 Å². The molecule has 1 aliphatic carbocycles. The Morgan fingerprint density at radius 2 is 1.41 bits per heavy atom. The number of hydrogen-bond acceptors (Lipinski definition) is 12. The van der Waals surface area contributed by atoms with Crippen LogP contribution in [-0.4, -0.2) is 91.9 Å². The van der Waals surface area contributed by atoms with Crippen LogP contribution in [0.25, 0.3) is 11.5 Å². The van der Waals surface area contributed by atoms with Crippen LogP contribution in [0.3, 0.4) is 0 Å². The van der Waals surface area contributed by atoms with E-state index in [-0.39, 0.29) is 65.9 Å². The number of nitrogens with zero attached hydrogens (tertiary/aromatic N) is 9. The monoisotopic (exact) mass is 823 g/mol. The van der Waals surface area contributed by atoms with Crippen molar-refractivity contribution in [2.24, 2.45) is 17.8 Å². The van der Waals surface area contributed by atoms with Crippen LogP contribution in [0, 0.1) is 24.7 Å². The van der Waals surface area contributed by atoms with Gasteiger partial charge < -0.3 is 24.6 Å². The Bertz CT molecular complexity index is 2280. The fourth-order valence-corrected chi connectivity index (χ4v) is 7.46. The molecule has 4 unspecified atom stereocenters. The van der Waals surface area contributed by atoms with Gasteiger partial charge in [0.05, 0.1) is 24.3 Å². The van der Waals surface area contributed by atoms with Gasteiger partial charge in [0.25, 0.3) is 5.91 Å². The second-order valence-electron chi connectivity index (χ2n) is 15.1. The molecular formula is C39H39F6N11O3. The minimum Gasteiger partial charge on any atom is -0.493 e. The molecule has 2 aliphatic heterocycles. The van der Waals surface area contributed by atoms with Gasteiger partial charge in [-0.15, -0.1) is 10.2 Å². The van der Waals surface area contributed by atoms with Crippen molar-refractivity contribution in [1.82, 2.24) is 45.9 Å². The molecule has 59 heavy (non-hydrogen) atoms. The summed E-state index contributed by atoms with van der Waals surface area (Å²) in [5.74, 6) is 0.221. The van der Waals surface area contributed by atoms with Crippen LogP contribution in [0.4, 0.5) is 38.2 Å². The van der Waals surface area contributed by atoms with Crippen molar-refractivity contribution in [3.05, 3.63) is 88.9 Å². The zero-order chi connectivity index (χ0) is 41.3. The highest BCUT2D eigenvalue weighted by atomic mass is 19.4. The average molecular weight is 824 g/mol. The molecule has 20 heteroatoms. The molecule has 4 atom stereocenters. The highest BCUT2D eigenvalue weighted by Crippen LogP contribution is 2.38. The number of tetrazole rings is 1. The molecule has 1 saturated carbocycles. The van der Waals surface area contributed by atoms with Crippen molar-refractivity contribution < 1.29 is 40.6 Å². The number of benzene rings is 2. The summed E-state index contributed by atoms with van der Waals surface area (Å²) in [4.78, 5) is 36.0. The zero-order valence-electron chi connectivity index (χ0n) is 31.7. The van der Waals surface area contributed by atoms with Crippen molar-refractivity contribution in [3.8, 4) is 23.0 Å². The number of ether oxygens (including phenoxy) is 2. The van der Waals surface area contributed by atoms with E-state index in [1.165, 1.54) is 36.4 Å². The SMILES string of the molecule is Cc1cc(C(=O)NC2CC2Cc2cc(-c3nn[nH]n3)nc(N3CCC(COc4ccccc4C(F)(F)F)C3)n2)nc(N2CCC(COc3ccccc3C(F)(F)F)C2)n1. The van der Waals surface area contributed by atoms with Crippen LogP contribution in [0.15, 0.2) is 60.7 Å². The van der Waals surface area contributed by atoms with E-state index in [4.69, 9.17) is 14.5 Å². The topological polar surface area (TPSA) is 160 Å². The number of aromatic nitrogens is 8. The number of aryl methyl sites for hydroxylation is 1. The summed E-state index contributed by atoms with van der Waals surface area (Å²) in [7, 11) is 0. The highest BCUT2D eigenvalue weighted by Gasteiger charge is 2.40. The number of para-hydroxylation sites is 2. The minimum absolute atomic E-state index is 0.0662. The number of alkyl halides is 6. The maximum atomic E-state index is 13.5. The minimum atomic E-state index is -4.53. The second-order valence-corrected chi connectivity index (χ2v) is 15.1. The lowest BCUT2D eigenvalue weighted by molar-refractivity contribution is -0.139. The van der Waals surface area contributed by atoms with Crippen LogP contribution in [0.1, 0.15) is 52.3 Å². The molecule has 0 radical (unpaired) electrons. The Labute approximate surface area is 333 Å². The van der Waals surface area contributed by atoms with Gasteiger partial charge in [-0.25, -0.2) is 19.9 Å². The predicted molar refractivity (Wildman–Crippen MR) is 200 cm³/mol. The van der Waals surface area contributed by atoms with Crippen molar-refractivity contribution in [2.45, 2.75) is 51.0 Å². The van der Waals surface area contributed by atoms with Crippen molar-refractivity contribution >= 4 is 17.8 Å². The Kier molecular flexibility index (Phi) is 11.0. The normalized spacial score (nSPS) is 20.5. The Morgan fingerprint density at radius 1 is 0.814 bits per heavy atom. The van der Waals surface area contributed by atoms with Crippen LogP contribution in [-0.2, 0) is 18.8 Å². The van der Waals surface area contributed by atoms with Gasteiger partial charge in [0.1, 0.15) is 22.9 Å². The molecule has 5 heterocycles. The molecular weight excluding hydrogens is 784 g/mol. The number of rotatable bonds is 13. The number of hydrogen-bond donors (Lipinski definition) is 2. The van der Waals surface area contributed by atoms with Gasteiger partial charge in [0.2, 0.25) is 17.7 Å². The standard InChI is InChI=1S/C39H39F6N11O3/c1-22-14-31(50-36(46-22)55-12-10-23(18-55)20-58-32-8-4-2-6-27(32)38(40,41)42)35(57)48-29-16-25(29)15-26-17-30(34-51-53-54-52-34)49-37(47-26)56-13-11-24(19-56)21-59-33-9-5-3-7-28(33)39(43,44)45/h2-9,14,17,23-25,29H,10-13,15-16,18-21H2,1H3,(H,48,57)(H,51,52,53,54). The van der Waals surface area contributed by atoms with E-state index in [1.54, 1.807) is 19.1 Å². The molecule has 1 amide bonds. The van der Waals surface area contributed by atoms with Crippen LogP contribution in [0.2, 0.25) is 0 Å². The molecule has 0 bridgehead atoms. The fourth-order valence-electron chi connectivity index (χ4n) is 7.46. The maximum Gasteiger partial charge on any atom is 0.419 e. The number of amides is 1. The van der Waals surface area contributed by atoms with Gasteiger partial charge in [0.15, 0.2) is 0 Å². The molecule has 2 saturated heterocycles. The summed E-state index contributed by atoms with van der Waals surface area (Å²) in [6.45, 7) is 3.99. The number of anilines is 2. The molecule has 5 aromatic rings. The van der Waals surface area contributed by atoms with Crippen molar-refractivity contribution in [3.63, 3.8) is 0 Å². The Morgan fingerprint density at radius 3 is 1.98 bits per heavy atom.